The van der Waals surface area contributed by atoms with E-state index in [0.717, 1.165) is 25.7 Å². The van der Waals surface area contributed by atoms with Crippen LogP contribution in [-0.2, 0) is 19.8 Å². The van der Waals surface area contributed by atoms with E-state index in [2.05, 4.69) is 5.32 Å². The first kappa shape index (κ1) is 20.4. The van der Waals surface area contributed by atoms with Crippen LogP contribution in [0, 0.1) is 34.4 Å². The second kappa shape index (κ2) is 6.44. The van der Waals surface area contributed by atoms with Gasteiger partial charge in [-0.2, -0.15) is 12.7 Å². The molecule has 5 fully saturated rings. The van der Waals surface area contributed by atoms with Crippen LogP contribution in [0.15, 0.2) is 24.3 Å². The molecular formula is C22H27FN4O4S. The maximum atomic E-state index is 13.2. The van der Waals surface area contributed by atoms with Gasteiger partial charge in [-0.25, -0.2) is 4.39 Å². The van der Waals surface area contributed by atoms with Crippen LogP contribution in [0.1, 0.15) is 32.1 Å². The number of nitrogens with zero attached hydrogens (tertiary/aromatic N) is 2. The van der Waals surface area contributed by atoms with Gasteiger partial charge in [-0.05, 0) is 79.5 Å². The van der Waals surface area contributed by atoms with Crippen molar-refractivity contribution in [1.82, 2.24) is 9.62 Å². The van der Waals surface area contributed by atoms with E-state index in [1.807, 2.05) is 0 Å². The summed E-state index contributed by atoms with van der Waals surface area (Å²) in [5, 5.41) is 3.09. The molecule has 1 aromatic carbocycles. The molecule has 6 unspecified atom stereocenters. The third kappa shape index (κ3) is 2.37. The third-order valence-electron chi connectivity index (χ3n) is 9.11. The van der Waals surface area contributed by atoms with Crippen LogP contribution in [0.5, 0.6) is 0 Å². The molecule has 4 saturated carbocycles. The molecule has 8 nitrogen and oxygen atoms in total. The van der Waals surface area contributed by atoms with Crippen LogP contribution in [-0.4, -0.2) is 50.2 Å². The molecule has 0 radical (unpaired) electrons. The van der Waals surface area contributed by atoms with Gasteiger partial charge in [0, 0.05) is 19.1 Å². The summed E-state index contributed by atoms with van der Waals surface area (Å²) in [6.07, 6.45) is 4.24. The van der Waals surface area contributed by atoms with Crippen LogP contribution in [0.2, 0.25) is 0 Å². The molecule has 1 saturated heterocycles. The number of carbonyl (C=O) groups excluding carboxylic acids is 2. The quantitative estimate of drug-likeness (QED) is 0.679. The van der Waals surface area contributed by atoms with Crippen molar-refractivity contribution in [3.05, 3.63) is 30.1 Å². The first-order valence-electron chi connectivity index (χ1n) is 11.3. The van der Waals surface area contributed by atoms with E-state index in [4.69, 9.17) is 5.73 Å². The highest BCUT2D eigenvalue weighted by atomic mass is 32.2. The molecule has 1 aromatic rings. The molecular weight excluding hydrogens is 435 g/mol. The van der Waals surface area contributed by atoms with E-state index in [1.54, 1.807) is 0 Å². The molecule has 1 aliphatic heterocycles. The SMILES string of the molecule is NC(=O)C12CC3CC4C(NC(=O)CN5CCCN(c6ccc(F)cc6)S5(=O)=O)C(C1)C42C3. The van der Waals surface area contributed by atoms with Gasteiger partial charge in [-0.3, -0.25) is 13.9 Å². The smallest absolute Gasteiger partial charge is 0.304 e. The molecule has 2 amide bonds. The number of hydrogen-bond acceptors (Lipinski definition) is 4. The Morgan fingerprint density at radius 2 is 1.88 bits per heavy atom. The Bertz CT molecular complexity index is 1110. The Kier molecular flexibility index (Phi) is 4.11. The fraction of sp³-hybridized carbons (Fsp3) is 0.636. The second-order valence-corrected chi connectivity index (χ2v) is 12.1. The lowest BCUT2D eigenvalue weighted by atomic mass is 9.30. The number of benzene rings is 1. The molecule has 3 N–H and O–H groups in total. The number of nitrogens with one attached hydrogen (secondary N) is 1. The summed E-state index contributed by atoms with van der Waals surface area (Å²) in [5.41, 5.74) is 5.76. The highest BCUT2D eigenvalue weighted by molar-refractivity contribution is 7.90. The number of fused-ring (bicyclic) bond motifs is 1. The Morgan fingerprint density at radius 3 is 2.59 bits per heavy atom. The largest absolute Gasteiger partial charge is 0.369 e. The van der Waals surface area contributed by atoms with Gasteiger partial charge in [0.1, 0.15) is 5.82 Å². The highest BCUT2D eigenvalue weighted by Crippen LogP contribution is 2.86. The lowest BCUT2D eigenvalue weighted by molar-refractivity contribution is -0.252. The molecule has 5 aliphatic rings. The van der Waals surface area contributed by atoms with Crippen molar-refractivity contribution in [2.75, 3.05) is 23.9 Å². The summed E-state index contributed by atoms with van der Waals surface area (Å²) in [7, 11) is -3.88. The van der Waals surface area contributed by atoms with Crippen molar-refractivity contribution in [2.45, 2.75) is 38.1 Å². The normalized spacial score (nSPS) is 40.8. The Balaban J connectivity index is 1.14. The van der Waals surface area contributed by atoms with Gasteiger partial charge in [0.2, 0.25) is 11.8 Å². The predicted octanol–water partition coefficient (Wildman–Crippen LogP) is 0.989. The summed E-state index contributed by atoms with van der Waals surface area (Å²) in [6.45, 7) is 0.313. The summed E-state index contributed by atoms with van der Waals surface area (Å²) in [4.78, 5) is 25.1. The van der Waals surface area contributed by atoms with Crippen molar-refractivity contribution in [2.24, 2.45) is 34.3 Å². The maximum Gasteiger partial charge on any atom is 0.304 e. The zero-order chi connectivity index (χ0) is 22.5. The Hall–Kier alpha value is -2.20. The van der Waals surface area contributed by atoms with E-state index in [0.29, 0.717) is 18.0 Å². The molecule has 2 bridgehead atoms. The Labute approximate surface area is 186 Å². The van der Waals surface area contributed by atoms with Crippen LogP contribution in [0.25, 0.3) is 0 Å². The minimum Gasteiger partial charge on any atom is -0.369 e. The van der Waals surface area contributed by atoms with Gasteiger partial charge in [-0.15, -0.1) is 0 Å². The Morgan fingerprint density at radius 1 is 1.12 bits per heavy atom. The molecule has 10 heteroatoms. The van der Waals surface area contributed by atoms with E-state index < -0.39 is 16.0 Å². The lowest BCUT2D eigenvalue weighted by Crippen LogP contribution is -2.80. The lowest BCUT2D eigenvalue weighted by Gasteiger charge is -2.74. The van der Waals surface area contributed by atoms with E-state index in [9.17, 15) is 22.4 Å². The first-order chi connectivity index (χ1) is 15.2. The molecule has 1 heterocycles. The predicted molar refractivity (Wildman–Crippen MR) is 114 cm³/mol. The van der Waals surface area contributed by atoms with Crippen molar-refractivity contribution < 1.29 is 22.4 Å². The molecule has 1 spiro atoms. The monoisotopic (exact) mass is 462 g/mol. The van der Waals surface area contributed by atoms with Gasteiger partial charge < -0.3 is 11.1 Å². The number of primary amides is 1. The molecule has 4 aliphatic carbocycles. The van der Waals surface area contributed by atoms with Gasteiger partial charge in [0.05, 0.1) is 17.6 Å². The maximum absolute atomic E-state index is 13.2. The average Bonchev–Trinajstić information content (AvgIpc) is 3.23. The standard InChI is InChI=1S/C22H27FN4O4S/c23-14-2-4-15(5-3-14)27-7-1-6-26(32(27,30)31)12-18(28)25-19-16-8-13-9-21(20(24)29)11-17(19)22(16,21)10-13/h2-5,13,16-17,19H,1,6-12H2,(H2,24,29)(H,25,28). The van der Waals surface area contributed by atoms with Gasteiger partial charge in [0.15, 0.2) is 0 Å². The molecule has 6 rings (SSSR count). The summed E-state index contributed by atoms with van der Waals surface area (Å²) in [6, 6.07) is 5.31. The first-order valence-corrected chi connectivity index (χ1v) is 12.7. The summed E-state index contributed by atoms with van der Waals surface area (Å²) < 4.78 is 41.9. The summed E-state index contributed by atoms with van der Waals surface area (Å²) >= 11 is 0. The topological polar surface area (TPSA) is 113 Å². The van der Waals surface area contributed by atoms with Crippen molar-refractivity contribution >= 4 is 27.7 Å². The van der Waals surface area contributed by atoms with Crippen LogP contribution < -0.4 is 15.4 Å². The number of hydrogen-bond donors (Lipinski definition) is 2. The molecule has 32 heavy (non-hydrogen) atoms. The molecule has 6 atom stereocenters. The second-order valence-electron chi connectivity index (χ2n) is 10.3. The van der Waals surface area contributed by atoms with Crippen LogP contribution in [0.4, 0.5) is 10.1 Å². The number of halogens is 1. The van der Waals surface area contributed by atoms with Crippen LogP contribution >= 0.6 is 0 Å². The number of nitrogens with two attached hydrogens (primary N) is 1. The molecule has 172 valence electrons. The number of carbonyl (C=O) groups is 2. The van der Waals surface area contributed by atoms with Gasteiger partial charge >= 0.3 is 10.2 Å². The van der Waals surface area contributed by atoms with E-state index >= 15 is 0 Å². The van der Waals surface area contributed by atoms with E-state index in [-0.39, 0.29) is 60.2 Å². The van der Waals surface area contributed by atoms with Crippen molar-refractivity contribution in [3.63, 3.8) is 0 Å². The highest BCUT2D eigenvalue weighted by Gasteiger charge is 2.85. The van der Waals surface area contributed by atoms with E-state index in [1.165, 1.54) is 32.9 Å². The zero-order valence-corrected chi connectivity index (χ0v) is 18.5. The minimum atomic E-state index is -3.88. The minimum absolute atomic E-state index is 0.000899. The number of rotatable bonds is 5. The van der Waals surface area contributed by atoms with Gasteiger partial charge in [-0.1, -0.05) is 0 Å². The average molecular weight is 463 g/mol. The van der Waals surface area contributed by atoms with Crippen molar-refractivity contribution in [3.8, 4) is 0 Å². The van der Waals surface area contributed by atoms with Crippen molar-refractivity contribution in [1.29, 1.82) is 0 Å². The fourth-order valence-electron chi connectivity index (χ4n) is 8.04. The number of anilines is 1. The number of amides is 2. The summed E-state index contributed by atoms with van der Waals surface area (Å²) in [5.74, 6) is 0.107. The van der Waals surface area contributed by atoms with Gasteiger partial charge in [0.25, 0.3) is 0 Å². The third-order valence-corrected chi connectivity index (χ3v) is 11.0. The van der Waals surface area contributed by atoms with Crippen LogP contribution in [0.3, 0.4) is 0 Å². The fourth-order valence-corrected chi connectivity index (χ4v) is 9.71. The molecule has 0 aromatic heterocycles. The zero-order valence-electron chi connectivity index (χ0n) is 17.7.